The molecule has 0 unspecified atom stereocenters. The van der Waals surface area contributed by atoms with E-state index in [0.29, 0.717) is 5.92 Å². The predicted molar refractivity (Wildman–Crippen MR) is 63.6 cm³/mol. The molecule has 2 nitrogen and oxygen atoms in total. The summed E-state index contributed by atoms with van der Waals surface area (Å²) in [5.74, 6) is 1.47. The number of ether oxygens (including phenoxy) is 1. The normalized spacial score (nSPS) is 11.3. The Balaban J connectivity index is 2.65. The molecule has 0 radical (unpaired) electrons. The van der Waals surface area contributed by atoms with Gasteiger partial charge in [-0.15, -0.1) is 0 Å². The van der Waals surface area contributed by atoms with Crippen molar-refractivity contribution >= 4 is 10.9 Å². The molecular weight excluding hydrogens is 186 g/mol. The van der Waals surface area contributed by atoms with Crippen molar-refractivity contribution in [2.75, 3.05) is 7.11 Å². The number of aromatic nitrogens is 1. The Hall–Kier alpha value is -1.44. The van der Waals surface area contributed by atoms with Gasteiger partial charge >= 0.3 is 0 Å². The molecule has 0 saturated heterocycles. The Morgan fingerprint density at radius 3 is 2.53 bits per heavy atom. The summed E-state index contributed by atoms with van der Waals surface area (Å²) in [5.41, 5.74) is 2.62. The minimum absolute atomic E-state index is 0.549. The van der Waals surface area contributed by atoms with Crippen LogP contribution >= 0.6 is 0 Å². The lowest BCUT2D eigenvalue weighted by atomic mass is 10.1. The summed E-state index contributed by atoms with van der Waals surface area (Å²) in [6, 6.07) is 8.44. The fourth-order valence-corrected chi connectivity index (χ4v) is 2.03. The van der Waals surface area contributed by atoms with E-state index in [1.807, 2.05) is 6.07 Å². The van der Waals surface area contributed by atoms with Crippen molar-refractivity contribution < 1.29 is 4.74 Å². The Morgan fingerprint density at radius 1 is 1.20 bits per heavy atom. The van der Waals surface area contributed by atoms with Crippen LogP contribution in [-0.2, 0) is 7.05 Å². The predicted octanol–water partition coefficient (Wildman–Crippen LogP) is 3.31. The first-order valence-corrected chi connectivity index (χ1v) is 5.27. The van der Waals surface area contributed by atoms with E-state index in [0.717, 1.165) is 5.75 Å². The van der Waals surface area contributed by atoms with Crippen LogP contribution in [0.2, 0.25) is 0 Å². The van der Waals surface area contributed by atoms with Gasteiger partial charge in [-0.2, -0.15) is 0 Å². The molecule has 0 spiro atoms. The molecule has 0 N–H and O–H groups in total. The maximum Gasteiger partial charge on any atom is 0.119 e. The molecule has 15 heavy (non-hydrogen) atoms. The van der Waals surface area contributed by atoms with Gasteiger partial charge in [-0.25, -0.2) is 0 Å². The topological polar surface area (TPSA) is 14.2 Å². The Kier molecular flexibility index (Phi) is 2.43. The highest BCUT2D eigenvalue weighted by molar-refractivity contribution is 5.83. The molecule has 1 aromatic carbocycles. The number of hydrogen-bond acceptors (Lipinski definition) is 1. The van der Waals surface area contributed by atoms with Crippen molar-refractivity contribution in [1.29, 1.82) is 0 Å². The summed E-state index contributed by atoms with van der Waals surface area (Å²) in [7, 11) is 3.82. The first kappa shape index (κ1) is 10.1. The number of aryl methyl sites for hydroxylation is 1. The van der Waals surface area contributed by atoms with E-state index >= 15 is 0 Å². The third kappa shape index (κ3) is 1.60. The van der Waals surface area contributed by atoms with Crippen LogP contribution in [-0.4, -0.2) is 11.7 Å². The van der Waals surface area contributed by atoms with E-state index in [1.165, 1.54) is 16.6 Å². The zero-order valence-electron chi connectivity index (χ0n) is 9.74. The van der Waals surface area contributed by atoms with E-state index in [4.69, 9.17) is 4.74 Å². The SMILES string of the molecule is COc1ccc2c(c1)cc(C(C)C)n2C. The van der Waals surface area contributed by atoms with Crippen LogP contribution in [0.4, 0.5) is 0 Å². The van der Waals surface area contributed by atoms with Gasteiger partial charge in [-0.1, -0.05) is 13.8 Å². The molecule has 1 aromatic heterocycles. The Morgan fingerprint density at radius 2 is 1.93 bits per heavy atom. The summed E-state index contributed by atoms with van der Waals surface area (Å²) < 4.78 is 7.47. The minimum atomic E-state index is 0.549. The molecule has 2 heteroatoms. The summed E-state index contributed by atoms with van der Waals surface area (Å²) in [5, 5.41) is 1.25. The lowest BCUT2D eigenvalue weighted by Gasteiger charge is -2.06. The van der Waals surface area contributed by atoms with Gasteiger partial charge in [0.15, 0.2) is 0 Å². The van der Waals surface area contributed by atoms with E-state index in [1.54, 1.807) is 7.11 Å². The first-order valence-electron chi connectivity index (χ1n) is 5.27. The average Bonchev–Trinajstić information content (AvgIpc) is 2.55. The second kappa shape index (κ2) is 3.61. The quantitative estimate of drug-likeness (QED) is 0.730. The summed E-state index contributed by atoms with van der Waals surface area (Å²) in [6.45, 7) is 4.43. The second-order valence-electron chi connectivity index (χ2n) is 4.21. The van der Waals surface area contributed by atoms with E-state index in [-0.39, 0.29) is 0 Å². The van der Waals surface area contributed by atoms with Crippen LogP contribution in [0.3, 0.4) is 0 Å². The van der Waals surface area contributed by atoms with Crippen molar-refractivity contribution in [3.05, 3.63) is 30.0 Å². The van der Waals surface area contributed by atoms with Gasteiger partial charge in [0.2, 0.25) is 0 Å². The Bertz CT molecular complexity index is 482. The van der Waals surface area contributed by atoms with Gasteiger partial charge in [0.25, 0.3) is 0 Å². The monoisotopic (exact) mass is 203 g/mol. The molecule has 80 valence electrons. The van der Waals surface area contributed by atoms with Gasteiger partial charge in [-0.3, -0.25) is 0 Å². The van der Waals surface area contributed by atoms with Gasteiger partial charge in [0.1, 0.15) is 5.75 Å². The van der Waals surface area contributed by atoms with Gasteiger partial charge in [-0.05, 0) is 30.2 Å². The van der Waals surface area contributed by atoms with Crippen LogP contribution in [0.5, 0.6) is 5.75 Å². The van der Waals surface area contributed by atoms with Crippen LogP contribution in [0.25, 0.3) is 10.9 Å². The fourth-order valence-electron chi connectivity index (χ4n) is 2.03. The largest absolute Gasteiger partial charge is 0.497 e. The van der Waals surface area contributed by atoms with Crippen LogP contribution in [0.1, 0.15) is 25.5 Å². The van der Waals surface area contributed by atoms with Gasteiger partial charge in [0, 0.05) is 23.6 Å². The van der Waals surface area contributed by atoms with Crippen LogP contribution < -0.4 is 4.74 Å². The standard InChI is InChI=1S/C13H17NO/c1-9(2)13-8-10-7-11(15-4)5-6-12(10)14(13)3/h5-9H,1-4H3. The lowest BCUT2D eigenvalue weighted by Crippen LogP contribution is -1.97. The molecule has 0 amide bonds. The van der Waals surface area contributed by atoms with E-state index in [9.17, 15) is 0 Å². The molecule has 1 heterocycles. The molecule has 2 rings (SSSR count). The highest BCUT2D eigenvalue weighted by atomic mass is 16.5. The van der Waals surface area contributed by atoms with Crippen molar-refractivity contribution in [2.45, 2.75) is 19.8 Å². The molecule has 0 bridgehead atoms. The number of rotatable bonds is 2. The number of benzene rings is 1. The minimum Gasteiger partial charge on any atom is -0.497 e. The van der Waals surface area contributed by atoms with Crippen molar-refractivity contribution in [3.63, 3.8) is 0 Å². The summed E-state index contributed by atoms with van der Waals surface area (Å²) >= 11 is 0. The van der Waals surface area contributed by atoms with E-state index in [2.05, 4.69) is 43.7 Å². The number of fused-ring (bicyclic) bond motifs is 1. The number of methoxy groups -OCH3 is 1. The molecule has 2 aromatic rings. The zero-order valence-corrected chi connectivity index (χ0v) is 9.74. The molecule has 0 aliphatic carbocycles. The lowest BCUT2D eigenvalue weighted by molar-refractivity contribution is 0.415. The maximum atomic E-state index is 5.22. The Labute approximate surface area is 90.5 Å². The number of nitrogens with zero attached hydrogens (tertiary/aromatic N) is 1. The highest BCUT2D eigenvalue weighted by Crippen LogP contribution is 2.27. The molecule has 0 atom stereocenters. The van der Waals surface area contributed by atoms with Crippen LogP contribution in [0.15, 0.2) is 24.3 Å². The third-order valence-electron chi connectivity index (χ3n) is 2.88. The van der Waals surface area contributed by atoms with Crippen molar-refractivity contribution in [1.82, 2.24) is 4.57 Å². The van der Waals surface area contributed by atoms with Crippen molar-refractivity contribution in [2.24, 2.45) is 7.05 Å². The maximum absolute atomic E-state index is 5.22. The molecular formula is C13H17NO. The van der Waals surface area contributed by atoms with Crippen molar-refractivity contribution in [3.8, 4) is 5.75 Å². The van der Waals surface area contributed by atoms with Gasteiger partial charge in [0.05, 0.1) is 7.11 Å². The van der Waals surface area contributed by atoms with Crippen LogP contribution in [0, 0.1) is 0 Å². The highest BCUT2D eigenvalue weighted by Gasteiger charge is 2.08. The number of hydrogen-bond donors (Lipinski definition) is 0. The smallest absolute Gasteiger partial charge is 0.119 e. The molecule has 0 saturated carbocycles. The van der Waals surface area contributed by atoms with E-state index < -0.39 is 0 Å². The molecule has 0 aliphatic rings. The van der Waals surface area contributed by atoms with Gasteiger partial charge < -0.3 is 9.30 Å². The summed E-state index contributed by atoms with van der Waals surface area (Å²) in [6.07, 6.45) is 0. The average molecular weight is 203 g/mol. The third-order valence-corrected chi connectivity index (χ3v) is 2.88. The first-order chi connectivity index (χ1) is 7.13. The zero-order chi connectivity index (χ0) is 11.0. The molecule has 0 aliphatic heterocycles. The summed E-state index contributed by atoms with van der Waals surface area (Å²) in [4.78, 5) is 0. The second-order valence-corrected chi connectivity index (χ2v) is 4.21. The molecule has 0 fully saturated rings. The fraction of sp³-hybridized carbons (Fsp3) is 0.385.